The third kappa shape index (κ3) is 3.66. The molecule has 0 aromatic heterocycles. The van der Waals surface area contributed by atoms with Crippen molar-refractivity contribution in [3.8, 4) is 11.5 Å². The van der Waals surface area contributed by atoms with Crippen molar-refractivity contribution >= 4 is 33.8 Å². The number of carbonyl (C=O) groups is 1. The predicted octanol–water partition coefficient (Wildman–Crippen LogP) is 6.14. The first kappa shape index (κ1) is 16.1. The van der Waals surface area contributed by atoms with E-state index in [1.54, 1.807) is 12.1 Å². The van der Waals surface area contributed by atoms with E-state index in [4.69, 9.17) is 16.3 Å². The Morgan fingerprint density at radius 3 is 2.52 bits per heavy atom. The summed E-state index contributed by atoms with van der Waals surface area (Å²) in [7, 11) is 0. The molecule has 2 nitrogen and oxygen atoms in total. The maximum Gasteiger partial charge on any atom is 0.153 e. The molecule has 0 heterocycles. The molecule has 2 aromatic carbocycles. The second-order valence-electron chi connectivity index (χ2n) is 5.20. The Hall–Kier alpha value is -1.32. The molecule has 0 N–H and O–H groups in total. The van der Waals surface area contributed by atoms with Gasteiger partial charge in [0.15, 0.2) is 6.29 Å². The molecule has 0 bridgehead atoms. The lowest BCUT2D eigenvalue weighted by atomic mass is 10.0. The lowest BCUT2D eigenvalue weighted by molar-refractivity contribution is 0.112. The highest BCUT2D eigenvalue weighted by molar-refractivity contribution is 9.10. The SMILES string of the molecule is Cc1cc(Cl)c(C(C)C)cc1Oc1cc(Br)ccc1C=O. The van der Waals surface area contributed by atoms with Crippen LogP contribution in [0.2, 0.25) is 5.02 Å². The number of aldehydes is 1. The normalized spacial score (nSPS) is 10.8. The number of ether oxygens (including phenoxy) is 1. The molecular formula is C17H16BrClO2. The van der Waals surface area contributed by atoms with Crippen molar-refractivity contribution in [1.29, 1.82) is 0 Å². The molecule has 0 aliphatic rings. The van der Waals surface area contributed by atoms with Gasteiger partial charge in [0, 0.05) is 9.50 Å². The van der Waals surface area contributed by atoms with Gasteiger partial charge >= 0.3 is 0 Å². The summed E-state index contributed by atoms with van der Waals surface area (Å²) in [4.78, 5) is 11.1. The Balaban J connectivity index is 2.46. The van der Waals surface area contributed by atoms with Crippen LogP contribution in [0.4, 0.5) is 0 Å². The molecule has 0 atom stereocenters. The highest BCUT2D eigenvalue weighted by atomic mass is 79.9. The number of carbonyl (C=O) groups excluding carboxylic acids is 1. The summed E-state index contributed by atoms with van der Waals surface area (Å²) >= 11 is 9.65. The van der Waals surface area contributed by atoms with Crippen molar-refractivity contribution in [3.05, 3.63) is 56.5 Å². The summed E-state index contributed by atoms with van der Waals surface area (Å²) in [6.07, 6.45) is 0.788. The van der Waals surface area contributed by atoms with Crippen LogP contribution in [0.1, 0.15) is 41.3 Å². The smallest absolute Gasteiger partial charge is 0.153 e. The maximum atomic E-state index is 11.1. The number of benzene rings is 2. The number of rotatable bonds is 4. The largest absolute Gasteiger partial charge is 0.456 e. The molecule has 2 rings (SSSR count). The fourth-order valence-electron chi connectivity index (χ4n) is 2.03. The number of hydrogen-bond acceptors (Lipinski definition) is 2. The molecule has 0 unspecified atom stereocenters. The molecule has 0 aliphatic carbocycles. The highest BCUT2D eigenvalue weighted by Crippen LogP contribution is 2.35. The van der Waals surface area contributed by atoms with Crippen molar-refractivity contribution in [3.63, 3.8) is 0 Å². The second kappa shape index (κ2) is 6.63. The van der Waals surface area contributed by atoms with Gasteiger partial charge in [-0.1, -0.05) is 41.4 Å². The van der Waals surface area contributed by atoms with Crippen LogP contribution in [0, 0.1) is 6.92 Å². The predicted molar refractivity (Wildman–Crippen MR) is 89.9 cm³/mol. The van der Waals surface area contributed by atoms with Crippen LogP contribution in [0.5, 0.6) is 11.5 Å². The molecule has 0 radical (unpaired) electrons. The van der Waals surface area contributed by atoms with Crippen molar-refractivity contribution < 1.29 is 9.53 Å². The van der Waals surface area contributed by atoms with Crippen molar-refractivity contribution in [1.82, 2.24) is 0 Å². The molecule has 0 saturated heterocycles. The molecule has 0 aliphatic heterocycles. The lowest BCUT2D eigenvalue weighted by Crippen LogP contribution is -1.96. The van der Waals surface area contributed by atoms with E-state index in [0.717, 1.165) is 26.9 Å². The zero-order valence-electron chi connectivity index (χ0n) is 12.1. The summed E-state index contributed by atoms with van der Waals surface area (Å²) in [5.41, 5.74) is 2.47. The zero-order valence-corrected chi connectivity index (χ0v) is 14.5. The average Bonchev–Trinajstić information content (AvgIpc) is 2.41. The Morgan fingerprint density at radius 1 is 1.19 bits per heavy atom. The standard InChI is InChI=1S/C17H16BrClO2/c1-10(2)14-8-16(11(3)6-15(14)19)21-17-7-13(18)5-4-12(17)9-20/h4-10H,1-3H3. The number of halogens is 2. The highest BCUT2D eigenvalue weighted by Gasteiger charge is 2.12. The first-order chi connectivity index (χ1) is 9.92. The summed E-state index contributed by atoms with van der Waals surface area (Å²) in [5, 5.41) is 0.736. The summed E-state index contributed by atoms with van der Waals surface area (Å²) < 4.78 is 6.80. The molecule has 0 saturated carbocycles. The van der Waals surface area contributed by atoms with Crippen molar-refractivity contribution in [2.24, 2.45) is 0 Å². The van der Waals surface area contributed by atoms with Gasteiger partial charge in [0.1, 0.15) is 11.5 Å². The number of hydrogen-bond donors (Lipinski definition) is 0. The molecule has 0 fully saturated rings. The first-order valence-electron chi connectivity index (χ1n) is 6.65. The second-order valence-corrected chi connectivity index (χ2v) is 6.52. The molecule has 4 heteroatoms. The van der Waals surface area contributed by atoms with Crippen LogP contribution < -0.4 is 4.74 Å². The Labute approximate surface area is 138 Å². The minimum Gasteiger partial charge on any atom is -0.456 e. The quantitative estimate of drug-likeness (QED) is 0.607. The Kier molecular flexibility index (Phi) is 5.07. The van der Waals surface area contributed by atoms with Gasteiger partial charge in [-0.25, -0.2) is 0 Å². The zero-order chi connectivity index (χ0) is 15.6. The molecule has 110 valence electrons. The minimum absolute atomic E-state index is 0.300. The number of aryl methyl sites for hydroxylation is 1. The van der Waals surface area contributed by atoms with Crippen LogP contribution in [0.15, 0.2) is 34.8 Å². The van der Waals surface area contributed by atoms with E-state index < -0.39 is 0 Å². The first-order valence-corrected chi connectivity index (χ1v) is 7.82. The van der Waals surface area contributed by atoms with Gasteiger partial charge in [0.25, 0.3) is 0 Å². The third-order valence-corrected chi connectivity index (χ3v) is 4.06. The monoisotopic (exact) mass is 366 g/mol. The van der Waals surface area contributed by atoms with Crippen LogP contribution in [0.25, 0.3) is 0 Å². The van der Waals surface area contributed by atoms with Gasteiger partial charge in [-0.3, -0.25) is 4.79 Å². The van der Waals surface area contributed by atoms with E-state index in [0.29, 0.717) is 23.0 Å². The molecular weight excluding hydrogens is 352 g/mol. The van der Waals surface area contributed by atoms with Crippen molar-refractivity contribution in [2.75, 3.05) is 0 Å². The van der Waals surface area contributed by atoms with E-state index in [9.17, 15) is 4.79 Å². The van der Waals surface area contributed by atoms with E-state index in [1.165, 1.54) is 0 Å². The third-order valence-electron chi connectivity index (χ3n) is 3.24. The Bertz CT molecular complexity index is 681. The van der Waals surface area contributed by atoms with Gasteiger partial charge in [-0.05, 0) is 54.3 Å². The van der Waals surface area contributed by atoms with Crippen molar-refractivity contribution in [2.45, 2.75) is 26.7 Å². The van der Waals surface area contributed by atoms with E-state index in [1.807, 2.05) is 25.1 Å². The van der Waals surface area contributed by atoms with E-state index in [2.05, 4.69) is 29.8 Å². The summed E-state index contributed by atoms with van der Waals surface area (Å²) in [6.45, 7) is 6.09. The van der Waals surface area contributed by atoms with Gasteiger partial charge in [0.05, 0.1) is 5.56 Å². The van der Waals surface area contributed by atoms with Gasteiger partial charge in [0.2, 0.25) is 0 Å². The molecule has 21 heavy (non-hydrogen) atoms. The maximum absolute atomic E-state index is 11.1. The van der Waals surface area contributed by atoms with Crippen LogP contribution in [-0.2, 0) is 0 Å². The average molecular weight is 368 g/mol. The fraction of sp³-hybridized carbons (Fsp3) is 0.235. The molecule has 2 aromatic rings. The topological polar surface area (TPSA) is 26.3 Å². The van der Waals surface area contributed by atoms with Gasteiger partial charge < -0.3 is 4.74 Å². The summed E-state index contributed by atoms with van der Waals surface area (Å²) in [6, 6.07) is 9.15. The minimum atomic E-state index is 0.300. The fourth-order valence-corrected chi connectivity index (χ4v) is 2.81. The van der Waals surface area contributed by atoms with Gasteiger partial charge in [-0.2, -0.15) is 0 Å². The molecule has 0 amide bonds. The van der Waals surface area contributed by atoms with Crippen LogP contribution >= 0.6 is 27.5 Å². The summed E-state index contributed by atoms with van der Waals surface area (Å²) in [5.74, 6) is 1.54. The lowest BCUT2D eigenvalue weighted by Gasteiger charge is -2.15. The van der Waals surface area contributed by atoms with E-state index >= 15 is 0 Å². The Morgan fingerprint density at radius 2 is 1.90 bits per heavy atom. The van der Waals surface area contributed by atoms with Gasteiger partial charge in [-0.15, -0.1) is 0 Å². The van der Waals surface area contributed by atoms with Crippen LogP contribution in [-0.4, -0.2) is 6.29 Å². The van der Waals surface area contributed by atoms with Crippen LogP contribution in [0.3, 0.4) is 0 Å². The van der Waals surface area contributed by atoms with E-state index in [-0.39, 0.29) is 0 Å². The molecule has 0 spiro atoms.